The molecule has 0 atom stereocenters. The lowest BCUT2D eigenvalue weighted by atomic mass is 9.94. The molecule has 4 aromatic rings. The number of carbonyl (C=O) groups is 1. The number of pyridine rings is 1. The summed E-state index contributed by atoms with van der Waals surface area (Å²) in [6.45, 7) is 6.10. The number of aryl methyl sites for hydroxylation is 2. The van der Waals surface area contributed by atoms with E-state index < -0.39 is 0 Å². The molecule has 1 amide bonds. The van der Waals surface area contributed by atoms with E-state index in [4.69, 9.17) is 4.52 Å². The second kappa shape index (κ2) is 8.99. The van der Waals surface area contributed by atoms with Crippen LogP contribution in [0.1, 0.15) is 45.6 Å². The zero-order valence-electron chi connectivity index (χ0n) is 20.3. The first-order valence-electron chi connectivity index (χ1n) is 12.3. The van der Waals surface area contributed by atoms with Gasteiger partial charge in [0.15, 0.2) is 0 Å². The highest BCUT2D eigenvalue weighted by molar-refractivity contribution is 6.10. The summed E-state index contributed by atoms with van der Waals surface area (Å²) in [5, 5.41) is 7.59. The molecule has 3 heterocycles. The van der Waals surface area contributed by atoms with E-state index in [1.165, 1.54) is 25.0 Å². The van der Waals surface area contributed by atoms with Crippen molar-refractivity contribution in [1.82, 2.24) is 15.5 Å². The molecule has 182 valence electrons. The number of nitrogens with one attached hydrogen (secondary N) is 1. The number of amides is 1. The molecule has 2 aliphatic rings. The fourth-order valence-corrected chi connectivity index (χ4v) is 4.87. The van der Waals surface area contributed by atoms with Gasteiger partial charge in [-0.1, -0.05) is 23.4 Å². The van der Waals surface area contributed by atoms with Crippen LogP contribution in [-0.2, 0) is 13.1 Å². The first-order chi connectivity index (χ1) is 17.5. The van der Waals surface area contributed by atoms with Crippen molar-refractivity contribution in [2.24, 2.45) is 5.92 Å². The number of nitrogens with zero attached hydrogens (tertiary/aromatic N) is 3. The highest BCUT2D eigenvalue weighted by Crippen LogP contribution is 2.37. The number of aromatic nitrogens is 2. The molecule has 1 aliphatic carbocycles. The lowest BCUT2D eigenvalue weighted by Gasteiger charge is -2.17. The van der Waals surface area contributed by atoms with Crippen molar-refractivity contribution in [3.05, 3.63) is 88.6 Å². The van der Waals surface area contributed by atoms with Crippen molar-refractivity contribution in [3.63, 3.8) is 0 Å². The zero-order chi connectivity index (χ0) is 24.8. The molecule has 6 nitrogen and oxygen atoms in total. The van der Waals surface area contributed by atoms with Crippen LogP contribution in [-0.4, -0.2) is 22.6 Å². The van der Waals surface area contributed by atoms with Gasteiger partial charge in [0.2, 0.25) is 0 Å². The van der Waals surface area contributed by atoms with Crippen LogP contribution in [0.15, 0.2) is 59.3 Å². The average molecular weight is 483 g/mol. The Morgan fingerprint density at radius 2 is 1.92 bits per heavy atom. The fourth-order valence-electron chi connectivity index (χ4n) is 4.87. The van der Waals surface area contributed by atoms with E-state index >= 15 is 0 Å². The van der Waals surface area contributed by atoms with E-state index in [2.05, 4.69) is 21.5 Å². The van der Waals surface area contributed by atoms with Crippen molar-refractivity contribution in [1.29, 1.82) is 0 Å². The van der Waals surface area contributed by atoms with Gasteiger partial charge in [0.25, 0.3) is 5.91 Å². The third kappa shape index (κ3) is 4.31. The zero-order valence-corrected chi connectivity index (χ0v) is 20.3. The highest BCUT2D eigenvalue weighted by atomic mass is 19.1. The quantitative estimate of drug-likeness (QED) is 0.359. The Morgan fingerprint density at radius 1 is 1.06 bits per heavy atom. The minimum absolute atomic E-state index is 0.0804. The lowest BCUT2D eigenvalue weighted by molar-refractivity contribution is 0.0996. The number of hydrogen-bond donors (Lipinski definition) is 1. The molecule has 1 saturated carbocycles. The largest absolute Gasteiger partial charge is 0.364 e. The maximum atomic E-state index is 14.2. The number of halogens is 1. The summed E-state index contributed by atoms with van der Waals surface area (Å²) in [7, 11) is 0. The van der Waals surface area contributed by atoms with Crippen LogP contribution < -0.4 is 10.2 Å². The molecule has 2 aromatic carbocycles. The summed E-state index contributed by atoms with van der Waals surface area (Å²) < 4.78 is 19.3. The number of benzene rings is 2. The lowest BCUT2D eigenvalue weighted by Crippen LogP contribution is -2.25. The molecule has 2 aromatic heterocycles. The maximum Gasteiger partial charge on any atom is 0.260 e. The molecule has 36 heavy (non-hydrogen) atoms. The summed E-state index contributed by atoms with van der Waals surface area (Å²) in [5.74, 6) is 1.04. The van der Waals surface area contributed by atoms with Crippen LogP contribution in [0.5, 0.6) is 0 Å². The van der Waals surface area contributed by atoms with Gasteiger partial charge in [-0.05, 0) is 91.7 Å². The summed E-state index contributed by atoms with van der Waals surface area (Å²) >= 11 is 0. The fraction of sp³-hybridized carbons (Fsp3) is 0.276. The molecule has 1 aliphatic heterocycles. The van der Waals surface area contributed by atoms with Crippen LogP contribution in [0.4, 0.5) is 10.2 Å². The normalized spacial score (nSPS) is 15.0. The number of fused-ring (bicyclic) bond motifs is 1. The summed E-state index contributed by atoms with van der Waals surface area (Å²) in [4.78, 5) is 19.9. The Hall–Kier alpha value is -3.84. The standard InChI is InChI=1S/C29H27FN4O2/c1-17-16-36-33-28(17)26-12-23(30)7-8-24(26)21-5-6-22-15-34(29(35)25(22)11-21)27-10-20(9-18(2)32-27)14-31-13-19-3-4-19/h5-12,16,19,31H,3-4,13-15H2,1-2H3. The van der Waals surface area contributed by atoms with Gasteiger partial charge in [-0.15, -0.1) is 0 Å². The van der Waals surface area contributed by atoms with Crippen LogP contribution >= 0.6 is 0 Å². The number of carbonyl (C=O) groups excluding carboxylic acids is 1. The SMILES string of the molecule is Cc1cc(CNCC2CC2)cc(N2Cc3ccc(-c4ccc(F)cc4-c4nocc4C)cc3C2=O)n1. The Morgan fingerprint density at radius 3 is 2.69 bits per heavy atom. The van der Waals surface area contributed by atoms with E-state index in [-0.39, 0.29) is 11.7 Å². The summed E-state index contributed by atoms with van der Waals surface area (Å²) in [5.41, 5.74) is 7.25. The molecule has 0 unspecified atom stereocenters. The topological polar surface area (TPSA) is 71.3 Å². The van der Waals surface area contributed by atoms with E-state index in [1.807, 2.05) is 38.1 Å². The van der Waals surface area contributed by atoms with E-state index in [1.54, 1.807) is 17.2 Å². The van der Waals surface area contributed by atoms with Crippen molar-refractivity contribution >= 4 is 11.7 Å². The molecular formula is C29H27FN4O2. The van der Waals surface area contributed by atoms with Crippen LogP contribution in [0, 0.1) is 25.6 Å². The van der Waals surface area contributed by atoms with Crippen LogP contribution in [0.3, 0.4) is 0 Å². The Kier molecular flexibility index (Phi) is 5.64. The summed E-state index contributed by atoms with van der Waals surface area (Å²) in [6.07, 6.45) is 4.17. The third-order valence-corrected chi connectivity index (χ3v) is 6.94. The molecular weight excluding hydrogens is 455 g/mol. The molecule has 1 N–H and O–H groups in total. The monoisotopic (exact) mass is 482 g/mol. The average Bonchev–Trinajstić information content (AvgIpc) is 3.49. The van der Waals surface area contributed by atoms with Crippen molar-refractivity contribution in [2.75, 3.05) is 11.4 Å². The molecule has 0 spiro atoms. The summed E-state index contributed by atoms with van der Waals surface area (Å²) in [6, 6.07) is 14.5. The second-order valence-electron chi connectivity index (χ2n) is 9.85. The molecule has 7 heteroatoms. The Balaban J connectivity index is 1.30. The smallest absolute Gasteiger partial charge is 0.260 e. The molecule has 6 rings (SSSR count). The molecule has 0 radical (unpaired) electrons. The number of rotatable bonds is 7. The molecule has 1 fully saturated rings. The van der Waals surface area contributed by atoms with Gasteiger partial charge in [-0.3, -0.25) is 9.69 Å². The van der Waals surface area contributed by atoms with Crippen molar-refractivity contribution < 1.29 is 13.7 Å². The minimum Gasteiger partial charge on any atom is -0.364 e. The van der Waals surface area contributed by atoms with Gasteiger partial charge in [-0.25, -0.2) is 9.37 Å². The predicted octanol–water partition coefficient (Wildman–Crippen LogP) is 5.82. The van der Waals surface area contributed by atoms with E-state index in [9.17, 15) is 9.18 Å². The van der Waals surface area contributed by atoms with Gasteiger partial charge >= 0.3 is 0 Å². The van der Waals surface area contributed by atoms with Gasteiger partial charge in [0.1, 0.15) is 23.6 Å². The van der Waals surface area contributed by atoms with Crippen molar-refractivity contribution in [3.8, 4) is 22.4 Å². The third-order valence-electron chi connectivity index (χ3n) is 6.94. The second-order valence-corrected chi connectivity index (χ2v) is 9.85. The van der Waals surface area contributed by atoms with Crippen molar-refractivity contribution in [2.45, 2.75) is 39.8 Å². The van der Waals surface area contributed by atoms with Crippen LogP contribution in [0.25, 0.3) is 22.4 Å². The van der Waals surface area contributed by atoms with Gasteiger partial charge in [0.05, 0.1) is 6.54 Å². The van der Waals surface area contributed by atoms with E-state index in [0.29, 0.717) is 29.2 Å². The molecule has 0 saturated heterocycles. The highest BCUT2D eigenvalue weighted by Gasteiger charge is 2.30. The Labute approximate surface area is 209 Å². The van der Waals surface area contributed by atoms with Crippen LogP contribution in [0.2, 0.25) is 0 Å². The minimum atomic E-state index is -0.354. The Bertz CT molecular complexity index is 1470. The molecule has 0 bridgehead atoms. The van der Waals surface area contributed by atoms with Gasteiger partial charge in [0, 0.05) is 28.9 Å². The first kappa shape index (κ1) is 22.6. The van der Waals surface area contributed by atoms with Gasteiger partial charge < -0.3 is 9.84 Å². The number of hydrogen-bond acceptors (Lipinski definition) is 5. The van der Waals surface area contributed by atoms with Gasteiger partial charge in [-0.2, -0.15) is 0 Å². The first-order valence-corrected chi connectivity index (χ1v) is 12.3. The maximum absolute atomic E-state index is 14.2. The number of anilines is 1. The van der Waals surface area contributed by atoms with E-state index in [0.717, 1.165) is 52.5 Å². The predicted molar refractivity (Wildman–Crippen MR) is 136 cm³/mol.